The second-order valence-electron chi connectivity index (χ2n) is 4.27. The van der Waals surface area contributed by atoms with E-state index in [2.05, 4.69) is 37.5 Å². The first-order valence-electron chi connectivity index (χ1n) is 6.73. The molecule has 0 heterocycles. The summed E-state index contributed by atoms with van der Waals surface area (Å²) in [6.45, 7) is 15.1. The largest absolute Gasteiger partial charge is 0.291 e. The minimum Gasteiger partial charge on any atom is -0.291 e. The molecule has 0 unspecified atom stereocenters. The van der Waals surface area contributed by atoms with Crippen LogP contribution >= 0.6 is 0 Å². The minimum atomic E-state index is 1.16. The van der Waals surface area contributed by atoms with Crippen LogP contribution in [-0.2, 0) is 0 Å². The van der Waals surface area contributed by atoms with Crippen molar-refractivity contribution >= 4 is 0 Å². The van der Waals surface area contributed by atoms with Gasteiger partial charge in [0.05, 0.1) is 6.67 Å². The lowest BCUT2D eigenvalue weighted by molar-refractivity contribution is 0.138. The molecular weight excluding hydrogens is 184 g/mol. The van der Waals surface area contributed by atoms with E-state index in [4.69, 9.17) is 0 Å². The van der Waals surface area contributed by atoms with Crippen molar-refractivity contribution in [1.29, 1.82) is 0 Å². The number of rotatable bonds is 10. The molecule has 2 nitrogen and oxygen atoms in total. The normalized spacial score (nSPS) is 11.6. The molecule has 0 atom stereocenters. The molecule has 0 radical (unpaired) electrons. The van der Waals surface area contributed by atoms with Crippen molar-refractivity contribution in [3.63, 3.8) is 0 Å². The summed E-state index contributed by atoms with van der Waals surface area (Å²) in [5.74, 6) is 0. The summed E-state index contributed by atoms with van der Waals surface area (Å²) < 4.78 is 0. The lowest BCUT2D eigenvalue weighted by Crippen LogP contribution is -2.38. The zero-order valence-electron chi connectivity index (χ0n) is 11.3. The van der Waals surface area contributed by atoms with E-state index in [1.807, 2.05) is 0 Å². The van der Waals surface area contributed by atoms with Crippen LogP contribution in [0.4, 0.5) is 0 Å². The van der Waals surface area contributed by atoms with Crippen LogP contribution in [0.3, 0.4) is 0 Å². The van der Waals surface area contributed by atoms with Crippen LogP contribution in [0, 0.1) is 0 Å². The third-order valence-corrected chi connectivity index (χ3v) is 2.95. The van der Waals surface area contributed by atoms with E-state index in [1.54, 1.807) is 0 Å². The molecule has 0 aromatic carbocycles. The van der Waals surface area contributed by atoms with Crippen molar-refractivity contribution in [2.75, 3.05) is 32.8 Å². The van der Waals surface area contributed by atoms with Crippen molar-refractivity contribution in [3.05, 3.63) is 0 Å². The highest BCUT2D eigenvalue weighted by molar-refractivity contribution is 4.58. The molecule has 0 amide bonds. The van der Waals surface area contributed by atoms with Crippen molar-refractivity contribution in [1.82, 2.24) is 9.80 Å². The van der Waals surface area contributed by atoms with E-state index in [0.717, 1.165) is 6.67 Å². The van der Waals surface area contributed by atoms with Crippen molar-refractivity contribution < 1.29 is 0 Å². The Hall–Kier alpha value is -0.0800. The molecular formula is C13H30N2. The first-order chi connectivity index (χ1) is 7.28. The van der Waals surface area contributed by atoms with Gasteiger partial charge in [-0.3, -0.25) is 9.80 Å². The molecule has 15 heavy (non-hydrogen) atoms. The number of hydrogen-bond donors (Lipinski definition) is 0. The fraction of sp³-hybridized carbons (Fsp3) is 1.00. The van der Waals surface area contributed by atoms with Gasteiger partial charge in [0.2, 0.25) is 0 Å². The highest BCUT2D eigenvalue weighted by Gasteiger charge is 2.07. The van der Waals surface area contributed by atoms with Gasteiger partial charge in [0.25, 0.3) is 0 Å². The Morgan fingerprint density at radius 1 is 0.667 bits per heavy atom. The SMILES string of the molecule is CCCCN(CC)CN(CC)CCCC. The Labute approximate surface area is 96.6 Å². The van der Waals surface area contributed by atoms with Gasteiger partial charge in [-0.15, -0.1) is 0 Å². The molecule has 0 saturated heterocycles. The molecule has 0 aromatic rings. The maximum Gasteiger partial charge on any atom is 0.0505 e. The van der Waals surface area contributed by atoms with Gasteiger partial charge in [-0.05, 0) is 39.0 Å². The van der Waals surface area contributed by atoms with Gasteiger partial charge in [0.1, 0.15) is 0 Å². The second kappa shape index (κ2) is 10.4. The first-order valence-corrected chi connectivity index (χ1v) is 6.73. The van der Waals surface area contributed by atoms with E-state index in [-0.39, 0.29) is 0 Å². The standard InChI is InChI=1S/C13H30N2/c1-5-9-11-14(7-3)13-15(8-4)12-10-6-2/h5-13H2,1-4H3. The van der Waals surface area contributed by atoms with Crippen molar-refractivity contribution in [3.8, 4) is 0 Å². The van der Waals surface area contributed by atoms with E-state index in [0.29, 0.717) is 0 Å². The molecule has 0 spiro atoms. The summed E-state index contributed by atoms with van der Waals surface area (Å²) in [4.78, 5) is 5.12. The highest BCUT2D eigenvalue weighted by atomic mass is 15.3. The predicted molar refractivity (Wildman–Crippen MR) is 69.2 cm³/mol. The average Bonchev–Trinajstić information content (AvgIpc) is 2.28. The van der Waals surface area contributed by atoms with Crippen LogP contribution in [0.15, 0.2) is 0 Å². The van der Waals surface area contributed by atoms with Crippen LogP contribution in [-0.4, -0.2) is 42.6 Å². The third-order valence-electron chi connectivity index (χ3n) is 2.95. The van der Waals surface area contributed by atoms with Crippen LogP contribution in [0.1, 0.15) is 53.4 Å². The van der Waals surface area contributed by atoms with Gasteiger partial charge in [0.15, 0.2) is 0 Å². The maximum absolute atomic E-state index is 2.56. The highest BCUT2D eigenvalue weighted by Crippen LogP contribution is 2.00. The molecule has 0 aliphatic heterocycles. The molecule has 0 aliphatic carbocycles. The number of unbranched alkanes of at least 4 members (excludes halogenated alkanes) is 2. The maximum atomic E-state index is 2.56. The van der Waals surface area contributed by atoms with Crippen LogP contribution < -0.4 is 0 Å². The molecule has 0 saturated carbocycles. The summed E-state index contributed by atoms with van der Waals surface area (Å²) in [7, 11) is 0. The van der Waals surface area contributed by atoms with Gasteiger partial charge in [-0.1, -0.05) is 40.5 Å². The summed E-state index contributed by atoms with van der Waals surface area (Å²) in [5.41, 5.74) is 0. The Morgan fingerprint density at radius 2 is 1.07 bits per heavy atom. The molecule has 0 N–H and O–H groups in total. The quantitative estimate of drug-likeness (QED) is 0.515. The monoisotopic (exact) mass is 214 g/mol. The Morgan fingerprint density at radius 3 is 1.33 bits per heavy atom. The van der Waals surface area contributed by atoms with Gasteiger partial charge >= 0.3 is 0 Å². The lowest BCUT2D eigenvalue weighted by Gasteiger charge is -2.28. The number of nitrogens with zero attached hydrogens (tertiary/aromatic N) is 2. The van der Waals surface area contributed by atoms with Crippen LogP contribution in [0.2, 0.25) is 0 Å². The van der Waals surface area contributed by atoms with Gasteiger partial charge in [-0.25, -0.2) is 0 Å². The molecule has 0 rings (SSSR count). The number of hydrogen-bond acceptors (Lipinski definition) is 2. The van der Waals surface area contributed by atoms with E-state index in [1.165, 1.54) is 51.9 Å². The van der Waals surface area contributed by atoms with Crippen molar-refractivity contribution in [2.45, 2.75) is 53.4 Å². The smallest absolute Gasteiger partial charge is 0.0505 e. The fourth-order valence-corrected chi connectivity index (χ4v) is 1.70. The molecule has 92 valence electrons. The summed E-state index contributed by atoms with van der Waals surface area (Å²) in [6.07, 6.45) is 5.27. The molecule has 0 fully saturated rings. The summed E-state index contributed by atoms with van der Waals surface area (Å²) >= 11 is 0. The van der Waals surface area contributed by atoms with Crippen molar-refractivity contribution in [2.24, 2.45) is 0 Å². The van der Waals surface area contributed by atoms with Gasteiger partial charge in [0, 0.05) is 0 Å². The molecule has 0 bridgehead atoms. The second-order valence-corrected chi connectivity index (χ2v) is 4.27. The Balaban J connectivity index is 3.77. The zero-order valence-corrected chi connectivity index (χ0v) is 11.3. The average molecular weight is 214 g/mol. The summed E-state index contributed by atoms with van der Waals surface area (Å²) in [6, 6.07) is 0. The van der Waals surface area contributed by atoms with E-state index < -0.39 is 0 Å². The third kappa shape index (κ3) is 7.80. The molecule has 0 aliphatic rings. The minimum absolute atomic E-state index is 1.16. The fourth-order valence-electron chi connectivity index (χ4n) is 1.70. The van der Waals surface area contributed by atoms with Gasteiger partial charge in [-0.2, -0.15) is 0 Å². The van der Waals surface area contributed by atoms with Gasteiger partial charge < -0.3 is 0 Å². The molecule has 0 aromatic heterocycles. The summed E-state index contributed by atoms with van der Waals surface area (Å²) in [5, 5.41) is 0. The van der Waals surface area contributed by atoms with Crippen LogP contribution in [0.25, 0.3) is 0 Å². The first kappa shape index (κ1) is 14.9. The predicted octanol–water partition coefficient (Wildman–Crippen LogP) is 3.19. The topological polar surface area (TPSA) is 6.48 Å². The lowest BCUT2D eigenvalue weighted by atomic mass is 10.3. The molecule has 2 heteroatoms. The van der Waals surface area contributed by atoms with E-state index >= 15 is 0 Å². The van der Waals surface area contributed by atoms with E-state index in [9.17, 15) is 0 Å². The Bertz CT molecular complexity index is 112. The zero-order chi connectivity index (χ0) is 11.5. The van der Waals surface area contributed by atoms with Crippen LogP contribution in [0.5, 0.6) is 0 Å². The Kier molecular flexibility index (Phi) is 10.4.